The summed E-state index contributed by atoms with van der Waals surface area (Å²) in [7, 11) is 1.34. The number of carbonyl (C=O) groups excluding carboxylic acids is 1. The number of hydrogen-bond donors (Lipinski definition) is 0. The van der Waals surface area contributed by atoms with Crippen LogP contribution in [-0.2, 0) is 4.84 Å². The first-order valence-corrected chi connectivity index (χ1v) is 9.69. The van der Waals surface area contributed by atoms with Crippen molar-refractivity contribution in [1.29, 1.82) is 0 Å². The van der Waals surface area contributed by atoms with Crippen LogP contribution in [0.1, 0.15) is 27.3 Å². The fourth-order valence-corrected chi connectivity index (χ4v) is 3.65. The van der Waals surface area contributed by atoms with Crippen LogP contribution in [0.15, 0.2) is 41.0 Å². The number of methoxy groups -OCH3 is 1. The minimum atomic E-state index is -2.95. The van der Waals surface area contributed by atoms with E-state index in [1.54, 1.807) is 12.3 Å². The number of ether oxygens (including phenoxy) is 2. The van der Waals surface area contributed by atoms with Gasteiger partial charge in [0, 0.05) is 34.1 Å². The lowest BCUT2D eigenvalue weighted by molar-refractivity contribution is -0.0512. The van der Waals surface area contributed by atoms with Crippen molar-refractivity contribution in [3.05, 3.63) is 58.4 Å². The molecule has 3 rings (SSSR count). The van der Waals surface area contributed by atoms with Crippen molar-refractivity contribution in [1.82, 2.24) is 9.55 Å². The number of halogens is 2. The normalized spacial score (nSPS) is 11.3. The number of Topliss-reactive ketones (excluding diaryl/α,β-unsaturated/α-hetero) is 1. The molecule has 0 aliphatic heterocycles. The van der Waals surface area contributed by atoms with E-state index in [1.165, 1.54) is 42.9 Å². The standard InChI is InChI=1S/C20H19F2N3O4S/c1-12-8-15(13(2)25(12)20-23-6-7-30-20)16(26)11-28-24-10-14-4-5-17(29-19(21)22)18(9-14)27-3/h4-10,19H,11H2,1-3H3/b24-10+. The Morgan fingerprint density at radius 2 is 2.10 bits per heavy atom. The highest BCUT2D eigenvalue weighted by molar-refractivity contribution is 7.12. The monoisotopic (exact) mass is 435 g/mol. The molecule has 30 heavy (non-hydrogen) atoms. The number of aromatic nitrogens is 2. The smallest absolute Gasteiger partial charge is 0.387 e. The molecular weight excluding hydrogens is 416 g/mol. The number of carbonyl (C=O) groups is 1. The van der Waals surface area contributed by atoms with E-state index in [4.69, 9.17) is 9.57 Å². The van der Waals surface area contributed by atoms with Crippen molar-refractivity contribution in [2.75, 3.05) is 13.7 Å². The topological polar surface area (TPSA) is 74.9 Å². The molecule has 0 bridgehead atoms. The molecular formula is C20H19F2N3O4S. The van der Waals surface area contributed by atoms with Gasteiger partial charge in [0.1, 0.15) is 0 Å². The van der Waals surface area contributed by atoms with Crippen molar-refractivity contribution < 1.29 is 27.9 Å². The Hall–Kier alpha value is -3.27. The molecule has 1 aromatic carbocycles. The second-order valence-corrected chi connectivity index (χ2v) is 7.03. The van der Waals surface area contributed by atoms with E-state index in [9.17, 15) is 13.6 Å². The fraction of sp³-hybridized carbons (Fsp3) is 0.250. The minimum Gasteiger partial charge on any atom is -0.493 e. The Morgan fingerprint density at radius 3 is 2.77 bits per heavy atom. The highest BCUT2D eigenvalue weighted by Crippen LogP contribution is 2.29. The van der Waals surface area contributed by atoms with E-state index in [0.717, 1.165) is 16.5 Å². The van der Waals surface area contributed by atoms with Crippen LogP contribution in [0.3, 0.4) is 0 Å². The Morgan fingerprint density at radius 1 is 1.30 bits per heavy atom. The van der Waals surface area contributed by atoms with Crippen molar-refractivity contribution in [3.8, 4) is 16.6 Å². The zero-order valence-corrected chi connectivity index (χ0v) is 17.3. The Balaban J connectivity index is 1.64. The van der Waals surface area contributed by atoms with Gasteiger partial charge in [-0.1, -0.05) is 5.16 Å². The number of rotatable bonds is 9. The summed E-state index contributed by atoms with van der Waals surface area (Å²) < 4.78 is 36.1. The van der Waals surface area contributed by atoms with Crippen LogP contribution in [0.5, 0.6) is 11.5 Å². The van der Waals surface area contributed by atoms with Crippen LogP contribution in [0.4, 0.5) is 8.78 Å². The van der Waals surface area contributed by atoms with Gasteiger partial charge in [-0.2, -0.15) is 8.78 Å². The molecule has 0 aliphatic carbocycles. The van der Waals surface area contributed by atoms with E-state index >= 15 is 0 Å². The van der Waals surface area contributed by atoms with Gasteiger partial charge in [0.2, 0.25) is 5.78 Å². The molecule has 0 radical (unpaired) electrons. The van der Waals surface area contributed by atoms with Crippen LogP contribution < -0.4 is 9.47 Å². The highest BCUT2D eigenvalue weighted by Gasteiger charge is 2.18. The Kier molecular flexibility index (Phi) is 6.78. The lowest BCUT2D eigenvalue weighted by Gasteiger charge is -2.09. The number of ketones is 1. The Bertz CT molecular complexity index is 1050. The summed E-state index contributed by atoms with van der Waals surface area (Å²) in [5.74, 6) is -0.178. The van der Waals surface area contributed by atoms with E-state index in [0.29, 0.717) is 11.1 Å². The van der Waals surface area contributed by atoms with Gasteiger partial charge in [-0.3, -0.25) is 9.36 Å². The quantitative estimate of drug-likeness (QED) is 0.283. The van der Waals surface area contributed by atoms with Crippen molar-refractivity contribution in [2.45, 2.75) is 20.5 Å². The zero-order chi connectivity index (χ0) is 21.7. The molecule has 0 aliphatic rings. The lowest BCUT2D eigenvalue weighted by atomic mass is 10.2. The highest BCUT2D eigenvalue weighted by atomic mass is 32.1. The number of aryl methyl sites for hydroxylation is 1. The van der Waals surface area contributed by atoms with Gasteiger partial charge in [-0.25, -0.2) is 4.98 Å². The molecule has 0 spiro atoms. The third-order valence-corrected chi connectivity index (χ3v) is 4.97. The van der Waals surface area contributed by atoms with Gasteiger partial charge in [0.05, 0.1) is 13.3 Å². The van der Waals surface area contributed by atoms with Gasteiger partial charge in [0.25, 0.3) is 0 Å². The van der Waals surface area contributed by atoms with Crippen LogP contribution in [0.2, 0.25) is 0 Å². The molecule has 10 heteroatoms. The predicted molar refractivity (Wildman–Crippen MR) is 108 cm³/mol. The first-order chi connectivity index (χ1) is 14.4. The molecule has 0 saturated carbocycles. The van der Waals surface area contributed by atoms with Crippen LogP contribution in [0.25, 0.3) is 5.13 Å². The van der Waals surface area contributed by atoms with Crippen molar-refractivity contribution in [3.63, 3.8) is 0 Å². The molecule has 158 valence electrons. The number of hydrogen-bond acceptors (Lipinski definition) is 7. The second kappa shape index (κ2) is 9.49. The first kappa shape index (κ1) is 21.4. The summed E-state index contributed by atoms with van der Waals surface area (Å²) in [5, 5.41) is 6.43. The molecule has 0 unspecified atom stereocenters. The summed E-state index contributed by atoms with van der Waals surface area (Å²) in [6, 6.07) is 6.11. The summed E-state index contributed by atoms with van der Waals surface area (Å²) in [4.78, 5) is 21.9. The molecule has 3 aromatic rings. The average molecular weight is 435 g/mol. The maximum Gasteiger partial charge on any atom is 0.387 e. The van der Waals surface area contributed by atoms with E-state index < -0.39 is 6.61 Å². The lowest BCUT2D eigenvalue weighted by Crippen LogP contribution is -2.08. The Labute approximate surface area is 175 Å². The van der Waals surface area contributed by atoms with Crippen LogP contribution >= 0.6 is 11.3 Å². The number of benzene rings is 1. The van der Waals surface area contributed by atoms with E-state index in [1.807, 2.05) is 23.8 Å². The number of thiazole rings is 1. The number of alkyl halides is 2. The van der Waals surface area contributed by atoms with Gasteiger partial charge in [-0.15, -0.1) is 11.3 Å². The zero-order valence-electron chi connectivity index (χ0n) is 16.5. The molecule has 0 atom stereocenters. The van der Waals surface area contributed by atoms with Crippen molar-refractivity contribution >= 4 is 23.3 Å². The second-order valence-electron chi connectivity index (χ2n) is 6.15. The fourth-order valence-electron chi connectivity index (χ4n) is 2.90. The van der Waals surface area contributed by atoms with Gasteiger partial charge >= 0.3 is 6.61 Å². The first-order valence-electron chi connectivity index (χ1n) is 8.81. The molecule has 2 heterocycles. The number of oxime groups is 1. The summed E-state index contributed by atoms with van der Waals surface area (Å²) in [6.45, 7) is 0.548. The summed E-state index contributed by atoms with van der Waals surface area (Å²) >= 11 is 1.48. The molecule has 7 nitrogen and oxygen atoms in total. The van der Waals surface area contributed by atoms with Gasteiger partial charge in [-0.05, 0) is 38.1 Å². The summed E-state index contributed by atoms with van der Waals surface area (Å²) in [6.07, 6.45) is 3.06. The van der Waals surface area contributed by atoms with E-state index in [2.05, 4.69) is 14.9 Å². The third kappa shape index (κ3) is 4.82. The van der Waals surface area contributed by atoms with Gasteiger partial charge in [0.15, 0.2) is 23.2 Å². The van der Waals surface area contributed by atoms with Crippen LogP contribution in [0, 0.1) is 13.8 Å². The SMILES string of the molecule is COc1cc(/C=N/OCC(=O)c2cc(C)n(-c3nccs3)c2C)ccc1OC(F)F. The number of nitrogens with zero attached hydrogens (tertiary/aromatic N) is 3. The molecule has 0 saturated heterocycles. The molecule has 0 N–H and O–H groups in total. The summed E-state index contributed by atoms with van der Waals surface area (Å²) in [5.41, 5.74) is 2.74. The molecule has 0 amide bonds. The van der Waals surface area contributed by atoms with Crippen molar-refractivity contribution in [2.24, 2.45) is 5.16 Å². The van der Waals surface area contributed by atoms with Crippen LogP contribution in [-0.4, -0.2) is 41.9 Å². The van der Waals surface area contributed by atoms with Gasteiger partial charge < -0.3 is 14.3 Å². The predicted octanol–water partition coefficient (Wildman–Crippen LogP) is 4.39. The van der Waals surface area contributed by atoms with E-state index in [-0.39, 0.29) is 23.9 Å². The minimum absolute atomic E-state index is 0.0867. The largest absolute Gasteiger partial charge is 0.493 e. The molecule has 0 fully saturated rings. The maximum atomic E-state index is 12.5. The average Bonchev–Trinajstić information content (AvgIpc) is 3.33. The third-order valence-electron chi connectivity index (χ3n) is 4.22. The maximum absolute atomic E-state index is 12.5. The molecule has 2 aromatic heterocycles.